The van der Waals surface area contributed by atoms with Crippen LogP contribution >= 0.6 is 0 Å². The first-order valence-corrected chi connectivity index (χ1v) is 8.74. The maximum absolute atomic E-state index is 13.2. The fourth-order valence-corrected chi connectivity index (χ4v) is 4.04. The Morgan fingerprint density at radius 3 is 2.26 bits per heavy atom. The molecule has 4 rings (SSSR count). The van der Waals surface area contributed by atoms with Crippen LogP contribution in [-0.4, -0.2) is 59.1 Å². The number of alkyl halides is 2. The molecule has 1 amide bonds. The second-order valence-electron chi connectivity index (χ2n) is 8.42. The number of piperazine rings is 1. The van der Waals surface area contributed by atoms with Crippen LogP contribution in [0, 0.1) is 5.92 Å². The summed E-state index contributed by atoms with van der Waals surface area (Å²) in [5.74, 6) is -2.07. The highest BCUT2D eigenvalue weighted by molar-refractivity contribution is 5.68. The number of fused-ring (bicyclic) bond motifs is 2. The van der Waals surface area contributed by atoms with Gasteiger partial charge >= 0.3 is 6.09 Å². The molecule has 6 heteroatoms. The Balaban J connectivity index is 1.47. The molecule has 23 heavy (non-hydrogen) atoms. The van der Waals surface area contributed by atoms with E-state index in [0.29, 0.717) is 43.9 Å². The number of amides is 1. The Kier molecular flexibility index (Phi) is 4.32. The number of rotatable bonds is 2. The third-order valence-corrected chi connectivity index (χ3v) is 5.30. The number of hydrogen-bond acceptors (Lipinski definition) is 3. The number of piperidine rings is 1. The van der Waals surface area contributed by atoms with Gasteiger partial charge in [0, 0.05) is 44.6 Å². The molecule has 3 saturated heterocycles. The minimum absolute atomic E-state index is 0.0326. The van der Waals surface area contributed by atoms with Gasteiger partial charge in [0.25, 0.3) is 0 Å². The molecule has 2 unspecified atom stereocenters. The summed E-state index contributed by atoms with van der Waals surface area (Å²) >= 11 is 0. The van der Waals surface area contributed by atoms with E-state index in [1.165, 1.54) is 0 Å². The van der Waals surface area contributed by atoms with Crippen LogP contribution < -0.4 is 0 Å². The maximum atomic E-state index is 13.2. The van der Waals surface area contributed by atoms with Crippen molar-refractivity contribution in [1.29, 1.82) is 0 Å². The highest BCUT2D eigenvalue weighted by Crippen LogP contribution is 2.39. The highest BCUT2D eigenvalue weighted by Gasteiger charge is 2.47. The summed E-state index contributed by atoms with van der Waals surface area (Å²) < 4.78 is 31.9. The van der Waals surface area contributed by atoms with Crippen molar-refractivity contribution in [3.05, 3.63) is 0 Å². The fraction of sp³-hybridized carbons (Fsp3) is 0.941. The van der Waals surface area contributed by atoms with Crippen molar-refractivity contribution in [2.24, 2.45) is 5.92 Å². The van der Waals surface area contributed by atoms with Crippen LogP contribution in [0.1, 0.15) is 52.9 Å². The summed E-state index contributed by atoms with van der Waals surface area (Å²) in [6, 6.07) is 0.757. The first kappa shape index (κ1) is 16.9. The first-order valence-electron chi connectivity index (χ1n) is 8.74. The number of halogens is 2. The highest BCUT2D eigenvalue weighted by atomic mass is 19.3. The van der Waals surface area contributed by atoms with Gasteiger partial charge in [-0.25, -0.2) is 13.6 Å². The van der Waals surface area contributed by atoms with Crippen molar-refractivity contribution in [2.75, 3.05) is 19.6 Å². The van der Waals surface area contributed by atoms with Crippen LogP contribution in [0.15, 0.2) is 0 Å². The van der Waals surface area contributed by atoms with Gasteiger partial charge < -0.3 is 9.64 Å². The predicted octanol–water partition coefficient (Wildman–Crippen LogP) is 3.51. The topological polar surface area (TPSA) is 32.8 Å². The van der Waals surface area contributed by atoms with Gasteiger partial charge in [0.1, 0.15) is 5.60 Å². The molecule has 3 aliphatic heterocycles. The van der Waals surface area contributed by atoms with Crippen LogP contribution in [0.2, 0.25) is 0 Å². The lowest BCUT2D eigenvalue weighted by Crippen LogP contribution is -2.70. The average Bonchev–Trinajstić information content (AvgIpc) is 2.44. The first-order chi connectivity index (χ1) is 10.6. The predicted molar refractivity (Wildman–Crippen MR) is 83.6 cm³/mol. The standard InChI is InChI=1S/C17H28F2N2O2/c1-16(2,3)23-15(22)20-10-13-8-14(11-20)21(13)9-12-4-6-17(18,19)7-5-12/h12-14H,4-11H2,1-3H3. The van der Waals surface area contributed by atoms with Crippen LogP contribution in [0.25, 0.3) is 0 Å². The normalized spacial score (nSPS) is 31.6. The molecule has 2 bridgehead atoms. The van der Waals surface area contributed by atoms with Gasteiger partial charge in [0.05, 0.1) is 0 Å². The Labute approximate surface area is 137 Å². The van der Waals surface area contributed by atoms with Crippen molar-refractivity contribution in [1.82, 2.24) is 9.80 Å². The van der Waals surface area contributed by atoms with Gasteiger partial charge in [-0.1, -0.05) is 0 Å². The van der Waals surface area contributed by atoms with E-state index in [9.17, 15) is 13.6 Å². The molecule has 1 saturated carbocycles. The molecule has 0 spiro atoms. The minimum atomic E-state index is -2.45. The Hall–Kier alpha value is -0.910. The molecule has 0 aromatic carbocycles. The number of carbonyl (C=O) groups is 1. The monoisotopic (exact) mass is 330 g/mol. The van der Waals surface area contributed by atoms with Crippen LogP contribution in [0.4, 0.5) is 13.6 Å². The molecule has 2 atom stereocenters. The van der Waals surface area contributed by atoms with Gasteiger partial charge in [0.15, 0.2) is 0 Å². The lowest BCUT2D eigenvalue weighted by atomic mass is 9.82. The molecule has 132 valence electrons. The molecule has 0 aromatic heterocycles. The summed E-state index contributed by atoms with van der Waals surface area (Å²) in [7, 11) is 0. The second kappa shape index (κ2) is 5.87. The number of hydrogen-bond donors (Lipinski definition) is 0. The number of nitrogens with zero attached hydrogens (tertiary/aromatic N) is 2. The molecule has 4 aliphatic rings. The van der Waals surface area contributed by atoms with Gasteiger partial charge in [-0.2, -0.15) is 0 Å². The van der Waals surface area contributed by atoms with Crippen molar-refractivity contribution in [3.8, 4) is 0 Å². The SMILES string of the molecule is CC(C)(C)OC(=O)N1CC2CC(C1)N2CC1CCC(F)(F)CC1. The van der Waals surface area contributed by atoms with E-state index in [0.717, 1.165) is 13.0 Å². The second-order valence-corrected chi connectivity index (χ2v) is 8.42. The van der Waals surface area contributed by atoms with Gasteiger partial charge in [-0.05, 0) is 46.0 Å². The van der Waals surface area contributed by atoms with Gasteiger partial charge in [-0.15, -0.1) is 0 Å². The average molecular weight is 330 g/mol. The summed E-state index contributed by atoms with van der Waals surface area (Å²) in [6.07, 6.45) is 2.19. The van der Waals surface area contributed by atoms with E-state index in [1.807, 2.05) is 20.8 Å². The van der Waals surface area contributed by atoms with E-state index in [4.69, 9.17) is 4.74 Å². The lowest BCUT2D eigenvalue weighted by molar-refractivity contribution is -0.0935. The van der Waals surface area contributed by atoms with Crippen molar-refractivity contribution in [3.63, 3.8) is 0 Å². The third kappa shape index (κ3) is 3.95. The lowest BCUT2D eigenvalue weighted by Gasteiger charge is -2.57. The van der Waals surface area contributed by atoms with Crippen molar-refractivity contribution >= 4 is 6.09 Å². The Morgan fingerprint density at radius 2 is 1.74 bits per heavy atom. The van der Waals surface area contributed by atoms with E-state index >= 15 is 0 Å². The maximum Gasteiger partial charge on any atom is 0.410 e. The molecule has 1 aliphatic carbocycles. The van der Waals surface area contributed by atoms with E-state index in [-0.39, 0.29) is 18.9 Å². The molecular weight excluding hydrogens is 302 g/mol. The van der Waals surface area contributed by atoms with Crippen LogP contribution in [0.5, 0.6) is 0 Å². The Bertz CT molecular complexity index is 442. The zero-order valence-electron chi connectivity index (χ0n) is 14.4. The van der Waals surface area contributed by atoms with Crippen LogP contribution in [0.3, 0.4) is 0 Å². The molecule has 3 heterocycles. The summed E-state index contributed by atoms with van der Waals surface area (Å²) in [6.45, 7) is 7.94. The molecule has 0 radical (unpaired) electrons. The van der Waals surface area contributed by atoms with Crippen molar-refractivity contribution < 1.29 is 18.3 Å². The van der Waals surface area contributed by atoms with E-state index in [2.05, 4.69) is 4.90 Å². The zero-order valence-corrected chi connectivity index (χ0v) is 14.4. The molecular formula is C17H28F2N2O2. The van der Waals surface area contributed by atoms with Gasteiger partial charge in [-0.3, -0.25) is 4.90 Å². The summed E-state index contributed by atoms with van der Waals surface area (Å²) in [5, 5.41) is 0. The van der Waals surface area contributed by atoms with Gasteiger partial charge in [0.2, 0.25) is 5.92 Å². The third-order valence-electron chi connectivity index (χ3n) is 5.30. The van der Waals surface area contributed by atoms with Crippen molar-refractivity contribution in [2.45, 2.75) is 76.5 Å². The van der Waals surface area contributed by atoms with E-state index in [1.54, 1.807) is 4.90 Å². The zero-order chi connectivity index (χ0) is 16.8. The fourth-order valence-electron chi connectivity index (χ4n) is 4.04. The molecule has 4 fully saturated rings. The smallest absolute Gasteiger partial charge is 0.410 e. The number of ether oxygens (including phenoxy) is 1. The molecule has 4 nitrogen and oxygen atoms in total. The van der Waals surface area contributed by atoms with Crippen LogP contribution in [-0.2, 0) is 4.74 Å². The quantitative estimate of drug-likeness (QED) is 0.777. The Morgan fingerprint density at radius 1 is 1.17 bits per heavy atom. The van der Waals surface area contributed by atoms with E-state index < -0.39 is 11.5 Å². The molecule has 0 aromatic rings. The summed E-state index contributed by atoms with van der Waals surface area (Å²) in [5.41, 5.74) is -0.467. The minimum Gasteiger partial charge on any atom is -0.444 e. The summed E-state index contributed by atoms with van der Waals surface area (Å²) in [4.78, 5) is 16.4. The number of carbonyl (C=O) groups excluding carboxylic acids is 1. The molecule has 0 N–H and O–H groups in total. The largest absolute Gasteiger partial charge is 0.444 e.